The van der Waals surface area contributed by atoms with E-state index in [1.807, 2.05) is 0 Å². The molecule has 5 aliphatic carbocycles. The quantitative estimate of drug-likeness (QED) is 0.466. The topological polar surface area (TPSA) is 43.4 Å². The first-order chi connectivity index (χ1) is 14.8. The Morgan fingerprint density at radius 1 is 0.968 bits per heavy atom. The third-order valence-electron chi connectivity index (χ3n) is 11.5. The van der Waals surface area contributed by atoms with Crippen LogP contribution in [0.1, 0.15) is 111 Å². The van der Waals surface area contributed by atoms with E-state index in [0.717, 1.165) is 43.4 Å². The van der Waals surface area contributed by atoms with Gasteiger partial charge in [0.1, 0.15) is 11.9 Å². The number of carbonyl (C=O) groups is 2. The van der Waals surface area contributed by atoms with E-state index < -0.39 is 0 Å². The van der Waals surface area contributed by atoms with Gasteiger partial charge in [-0.2, -0.15) is 0 Å². The maximum atomic E-state index is 12.7. The lowest BCUT2D eigenvalue weighted by molar-refractivity contribution is -0.169. The van der Waals surface area contributed by atoms with Crippen LogP contribution in [-0.2, 0) is 14.3 Å². The molecule has 0 bridgehead atoms. The zero-order valence-electron chi connectivity index (χ0n) is 20.2. The molecule has 5 rings (SSSR count). The molecule has 3 nitrogen and oxygen atoms in total. The van der Waals surface area contributed by atoms with Gasteiger partial charge in [0, 0.05) is 24.7 Å². The summed E-state index contributed by atoms with van der Waals surface area (Å²) in [4.78, 5) is 25.0. The highest BCUT2D eigenvalue weighted by molar-refractivity contribution is 5.80. The van der Waals surface area contributed by atoms with Gasteiger partial charge >= 0.3 is 5.97 Å². The molecule has 31 heavy (non-hydrogen) atoms. The Bertz CT molecular complexity index is 709. The highest BCUT2D eigenvalue weighted by Crippen LogP contribution is 2.67. The van der Waals surface area contributed by atoms with Crippen molar-refractivity contribution in [3.63, 3.8) is 0 Å². The molecule has 0 spiro atoms. The van der Waals surface area contributed by atoms with Gasteiger partial charge in [0.15, 0.2) is 0 Å². The normalized spacial score (nSPS) is 47.5. The van der Waals surface area contributed by atoms with Crippen molar-refractivity contribution in [2.75, 3.05) is 0 Å². The second-order valence-electron chi connectivity index (χ2n) is 12.7. The molecule has 5 aliphatic rings. The van der Waals surface area contributed by atoms with Gasteiger partial charge in [-0.3, -0.25) is 9.59 Å². The Hall–Kier alpha value is -0.860. The van der Waals surface area contributed by atoms with Crippen molar-refractivity contribution in [1.82, 2.24) is 0 Å². The van der Waals surface area contributed by atoms with Crippen molar-refractivity contribution >= 4 is 11.8 Å². The van der Waals surface area contributed by atoms with Crippen LogP contribution in [-0.4, -0.2) is 17.9 Å². The van der Waals surface area contributed by atoms with Crippen LogP contribution in [0, 0.1) is 46.3 Å². The van der Waals surface area contributed by atoms with Crippen LogP contribution in [0.15, 0.2) is 0 Å². The summed E-state index contributed by atoms with van der Waals surface area (Å²) in [6, 6.07) is 0. The maximum Gasteiger partial charge on any atom is 0.306 e. The van der Waals surface area contributed by atoms with E-state index in [9.17, 15) is 9.59 Å². The maximum absolute atomic E-state index is 12.7. The molecule has 8 atom stereocenters. The SMILES string of the molecule is C[C@H]1CC(=O)C[C@@H]2CC[C@H]3[C@@H]4CC[C@H](OC(=O)CCC5CCCC5)[C@@]4(C)CC[C@@H]3[C@]21C. The van der Waals surface area contributed by atoms with Crippen molar-refractivity contribution in [1.29, 1.82) is 0 Å². The Labute approximate surface area is 189 Å². The minimum Gasteiger partial charge on any atom is -0.462 e. The standard InChI is InChI=1S/C28H44O3/c1-18-16-21(29)17-20-9-10-22-23-11-12-25(27(23,2)15-14-24(22)28(18,20)3)31-26(30)13-8-19-6-4-5-7-19/h18-20,22-25H,4-17H2,1-3H3/t18-,20-,22-,23-,24-,25-,27-,28-/m0/s1. The van der Waals surface area contributed by atoms with Crippen LogP contribution >= 0.6 is 0 Å². The van der Waals surface area contributed by atoms with Crippen LogP contribution in [0.4, 0.5) is 0 Å². The third kappa shape index (κ3) is 3.61. The minimum absolute atomic E-state index is 0.0657. The van der Waals surface area contributed by atoms with Gasteiger partial charge in [-0.15, -0.1) is 0 Å². The number of ether oxygens (including phenoxy) is 1. The van der Waals surface area contributed by atoms with E-state index in [-0.39, 0.29) is 17.5 Å². The summed E-state index contributed by atoms with van der Waals surface area (Å²) in [6.07, 6.45) is 16.0. The second kappa shape index (κ2) is 8.17. The highest BCUT2D eigenvalue weighted by Gasteiger charge is 2.62. The number of ketones is 1. The summed E-state index contributed by atoms with van der Waals surface area (Å²) in [5, 5.41) is 0. The van der Waals surface area contributed by atoms with Gasteiger partial charge in [-0.1, -0.05) is 46.5 Å². The number of hydrogen-bond acceptors (Lipinski definition) is 3. The molecule has 0 aromatic heterocycles. The van der Waals surface area contributed by atoms with Gasteiger partial charge in [0.05, 0.1) is 0 Å². The smallest absolute Gasteiger partial charge is 0.306 e. The zero-order valence-corrected chi connectivity index (χ0v) is 20.2. The molecule has 3 heteroatoms. The lowest BCUT2D eigenvalue weighted by Crippen LogP contribution is -2.56. The second-order valence-corrected chi connectivity index (χ2v) is 12.7. The van der Waals surface area contributed by atoms with Crippen molar-refractivity contribution in [3.05, 3.63) is 0 Å². The summed E-state index contributed by atoms with van der Waals surface area (Å²) in [6.45, 7) is 7.33. The molecule has 0 amide bonds. The van der Waals surface area contributed by atoms with E-state index in [1.54, 1.807) is 0 Å². The van der Waals surface area contributed by atoms with E-state index in [1.165, 1.54) is 57.8 Å². The highest BCUT2D eigenvalue weighted by atomic mass is 16.5. The number of esters is 1. The van der Waals surface area contributed by atoms with Gasteiger partial charge < -0.3 is 4.74 Å². The Morgan fingerprint density at radius 2 is 1.74 bits per heavy atom. The molecule has 0 unspecified atom stereocenters. The summed E-state index contributed by atoms with van der Waals surface area (Å²) >= 11 is 0. The molecule has 174 valence electrons. The lowest BCUT2D eigenvalue weighted by Gasteiger charge is -2.62. The summed E-state index contributed by atoms with van der Waals surface area (Å²) in [7, 11) is 0. The van der Waals surface area contributed by atoms with Gasteiger partial charge in [0.2, 0.25) is 0 Å². The van der Waals surface area contributed by atoms with Crippen molar-refractivity contribution in [3.8, 4) is 0 Å². The largest absolute Gasteiger partial charge is 0.462 e. The average molecular weight is 429 g/mol. The van der Waals surface area contributed by atoms with E-state index in [4.69, 9.17) is 4.74 Å². The van der Waals surface area contributed by atoms with E-state index in [0.29, 0.717) is 35.4 Å². The number of rotatable bonds is 4. The predicted molar refractivity (Wildman–Crippen MR) is 122 cm³/mol. The molecule has 0 aliphatic heterocycles. The third-order valence-corrected chi connectivity index (χ3v) is 11.5. The van der Waals surface area contributed by atoms with Crippen LogP contribution in [0.2, 0.25) is 0 Å². The van der Waals surface area contributed by atoms with Gasteiger partial charge in [-0.25, -0.2) is 0 Å². The summed E-state index contributed by atoms with van der Waals surface area (Å²) < 4.78 is 6.21. The molecule has 0 saturated heterocycles. The number of fused-ring (bicyclic) bond motifs is 5. The molecule has 0 aromatic rings. The first kappa shape index (κ1) is 22.0. The first-order valence-electron chi connectivity index (χ1n) is 13.5. The zero-order chi connectivity index (χ0) is 21.8. The van der Waals surface area contributed by atoms with Crippen LogP contribution in [0.25, 0.3) is 0 Å². The van der Waals surface area contributed by atoms with Crippen molar-refractivity contribution in [2.24, 2.45) is 46.3 Å². The fourth-order valence-corrected chi connectivity index (χ4v) is 9.46. The van der Waals surface area contributed by atoms with E-state index in [2.05, 4.69) is 20.8 Å². The molecular weight excluding hydrogens is 384 g/mol. The van der Waals surface area contributed by atoms with Gasteiger partial charge in [-0.05, 0) is 85.9 Å². The minimum atomic E-state index is 0.0657. The van der Waals surface area contributed by atoms with E-state index >= 15 is 0 Å². The Kier molecular flexibility index (Phi) is 5.79. The van der Waals surface area contributed by atoms with Crippen LogP contribution in [0.5, 0.6) is 0 Å². The molecule has 0 radical (unpaired) electrons. The Balaban J connectivity index is 1.26. The summed E-state index contributed by atoms with van der Waals surface area (Å²) in [5.41, 5.74) is 0.495. The Morgan fingerprint density at radius 3 is 2.52 bits per heavy atom. The van der Waals surface area contributed by atoms with Crippen LogP contribution < -0.4 is 0 Å². The molecule has 5 fully saturated rings. The predicted octanol–water partition coefficient (Wildman–Crippen LogP) is 6.73. The first-order valence-corrected chi connectivity index (χ1v) is 13.5. The number of hydrogen-bond donors (Lipinski definition) is 0. The summed E-state index contributed by atoms with van der Waals surface area (Å²) in [5.74, 6) is 4.65. The monoisotopic (exact) mass is 428 g/mol. The fraction of sp³-hybridized carbons (Fsp3) is 0.929. The molecule has 0 aromatic carbocycles. The molecule has 5 saturated carbocycles. The molecule has 0 heterocycles. The fourth-order valence-electron chi connectivity index (χ4n) is 9.46. The molecule has 0 N–H and O–H groups in total. The van der Waals surface area contributed by atoms with Crippen LogP contribution in [0.3, 0.4) is 0 Å². The number of Topliss-reactive ketones (excluding diaryl/α,β-unsaturated/α-hetero) is 1. The molecular formula is C28H44O3. The lowest BCUT2D eigenvalue weighted by atomic mass is 9.43. The van der Waals surface area contributed by atoms with Crippen molar-refractivity contribution < 1.29 is 14.3 Å². The number of carbonyl (C=O) groups excluding carboxylic acids is 2. The van der Waals surface area contributed by atoms with Gasteiger partial charge in [0.25, 0.3) is 0 Å². The average Bonchev–Trinajstić information content (AvgIpc) is 3.36. The van der Waals surface area contributed by atoms with Crippen molar-refractivity contribution in [2.45, 2.75) is 117 Å².